The average molecular weight is 784 g/mol. The minimum Gasteiger partial charge on any atom is -0.456 e. The second-order valence-electron chi connectivity index (χ2n) is 16.4. The van der Waals surface area contributed by atoms with Gasteiger partial charge in [0.25, 0.3) is 0 Å². The van der Waals surface area contributed by atoms with Crippen LogP contribution < -0.4 is 0 Å². The molecule has 0 spiro atoms. The molecule has 292 valence electrons. The van der Waals surface area contributed by atoms with Crippen molar-refractivity contribution < 1.29 is 4.42 Å². The maximum Gasteiger partial charge on any atom is 0.138 e. The summed E-state index contributed by atoms with van der Waals surface area (Å²) in [6, 6.07) is 71.1. The molecule has 1 unspecified atom stereocenters. The fourth-order valence-corrected chi connectivity index (χ4v) is 9.61. The van der Waals surface area contributed by atoms with Gasteiger partial charge in [0.05, 0.1) is 11.0 Å². The van der Waals surface area contributed by atoms with Gasteiger partial charge < -0.3 is 8.98 Å². The van der Waals surface area contributed by atoms with Gasteiger partial charge in [-0.2, -0.15) is 0 Å². The highest BCUT2D eigenvalue weighted by molar-refractivity contribution is 6.09. The monoisotopic (exact) mass is 783 g/mol. The third-order valence-corrected chi connectivity index (χ3v) is 12.6. The number of aryl methyl sites for hydroxylation is 1. The highest BCUT2D eigenvalue weighted by Gasteiger charge is 2.22. The summed E-state index contributed by atoms with van der Waals surface area (Å²) in [6.07, 6.45) is 9.44. The highest BCUT2D eigenvalue weighted by Crippen LogP contribution is 2.41. The van der Waals surface area contributed by atoms with Crippen LogP contribution in [0.15, 0.2) is 210 Å². The number of nitrogens with zero attached hydrogens (tertiary/aromatic N) is 1. The molecule has 2 aromatic heterocycles. The van der Waals surface area contributed by atoms with Gasteiger partial charge in [-0.15, -0.1) is 0 Å². The zero-order chi connectivity index (χ0) is 40.7. The minimum absolute atomic E-state index is 0.127. The molecule has 11 rings (SSSR count). The molecule has 1 atom stereocenters. The van der Waals surface area contributed by atoms with Crippen LogP contribution >= 0.6 is 0 Å². The Hall–Kier alpha value is -7.42. The van der Waals surface area contributed by atoms with Gasteiger partial charge in [-0.3, -0.25) is 0 Å². The van der Waals surface area contributed by atoms with Crippen molar-refractivity contribution in [2.75, 3.05) is 0 Å². The van der Waals surface area contributed by atoms with Crippen molar-refractivity contribution in [2.24, 2.45) is 0 Å². The molecule has 0 fully saturated rings. The number of furan rings is 1. The van der Waals surface area contributed by atoms with Gasteiger partial charge in [-0.05, 0) is 107 Å². The Morgan fingerprint density at radius 2 is 1.15 bits per heavy atom. The van der Waals surface area contributed by atoms with Crippen molar-refractivity contribution >= 4 is 44.9 Å². The first kappa shape index (κ1) is 36.6. The Morgan fingerprint density at radius 3 is 1.92 bits per heavy atom. The normalized spacial score (nSPS) is 13.0. The first-order valence-corrected chi connectivity index (χ1v) is 21.5. The number of allylic oxidation sites excluding steroid dienone is 2. The molecule has 0 amide bonds. The van der Waals surface area contributed by atoms with E-state index in [9.17, 15) is 0 Å². The van der Waals surface area contributed by atoms with Crippen molar-refractivity contribution in [3.8, 4) is 39.1 Å². The van der Waals surface area contributed by atoms with Gasteiger partial charge in [-0.25, -0.2) is 0 Å². The maximum absolute atomic E-state index is 6.69. The fourth-order valence-electron chi connectivity index (χ4n) is 9.61. The van der Waals surface area contributed by atoms with Crippen LogP contribution in [0.2, 0.25) is 0 Å². The van der Waals surface area contributed by atoms with E-state index in [1.54, 1.807) is 0 Å². The SMILES string of the molecule is CC1=Cc2oc3c(CCC(c4cccc(-c5ccc(-c6ccccc6)cc5)c4)c4ccccc4-c4ccc(-n5c6ccccc6c6ccccc65)cc4)cccc3c2C=CC1. The molecular weight excluding hydrogens is 739 g/mol. The smallest absolute Gasteiger partial charge is 0.138 e. The highest BCUT2D eigenvalue weighted by atomic mass is 16.3. The Balaban J connectivity index is 0.991. The first-order chi connectivity index (χ1) is 30.2. The molecule has 0 bridgehead atoms. The van der Waals surface area contributed by atoms with Crippen molar-refractivity contribution in [2.45, 2.75) is 32.1 Å². The molecule has 8 aromatic carbocycles. The van der Waals surface area contributed by atoms with Gasteiger partial charge in [0.1, 0.15) is 11.3 Å². The van der Waals surface area contributed by atoms with E-state index in [0.717, 1.165) is 36.3 Å². The van der Waals surface area contributed by atoms with E-state index in [2.05, 4.69) is 224 Å². The lowest BCUT2D eigenvalue weighted by molar-refractivity contribution is 0.595. The summed E-state index contributed by atoms with van der Waals surface area (Å²) < 4.78 is 9.08. The lowest BCUT2D eigenvalue weighted by Gasteiger charge is -2.23. The molecule has 0 aliphatic heterocycles. The summed E-state index contributed by atoms with van der Waals surface area (Å²) in [6.45, 7) is 2.18. The lowest BCUT2D eigenvalue weighted by atomic mass is 9.81. The van der Waals surface area contributed by atoms with Gasteiger partial charge in [-0.1, -0.05) is 188 Å². The van der Waals surface area contributed by atoms with E-state index in [1.807, 2.05) is 0 Å². The molecule has 2 nitrogen and oxygen atoms in total. The quantitative estimate of drug-likeness (QED) is 0.143. The number of rotatable bonds is 9. The zero-order valence-electron chi connectivity index (χ0n) is 34.3. The Bertz CT molecular complexity index is 3210. The molecule has 1 aliphatic carbocycles. The van der Waals surface area contributed by atoms with E-state index in [0.29, 0.717) is 0 Å². The minimum atomic E-state index is 0.127. The van der Waals surface area contributed by atoms with E-state index in [-0.39, 0.29) is 5.92 Å². The van der Waals surface area contributed by atoms with Crippen molar-refractivity contribution in [3.05, 3.63) is 234 Å². The average Bonchev–Trinajstić information content (AvgIpc) is 3.78. The second-order valence-corrected chi connectivity index (χ2v) is 16.4. The number of aromatic nitrogens is 1. The van der Waals surface area contributed by atoms with Crippen LogP contribution in [0.25, 0.3) is 84.0 Å². The third-order valence-electron chi connectivity index (χ3n) is 12.6. The maximum atomic E-state index is 6.69. The van der Waals surface area contributed by atoms with E-state index in [1.165, 1.54) is 88.4 Å². The van der Waals surface area contributed by atoms with Gasteiger partial charge in [0.2, 0.25) is 0 Å². The van der Waals surface area contributed by atoms with Crippen LogP contribution in [0.5, 0.6) is 0 Å². The predicted octanol–water partition coefficient (Wildman–Crippen LogP) is 16.1. The van der Waals surface area contributed by atoms with Gasteiger partial charge >= 0.3 is 0 Å². The predicted molar refractivity (Wildman–Crippen MR) is 257 cm³/mol. The van der Waals surface area contributed by atoms with Gasteiger partial charge in [0.15, 0.2) is 0 Å². The number of para-hydroxylation sites is 3. The lowest BCUT2D eigenvalue weighted by Crippen LogP contribution is -2.06. The Labute approximate surface area is 357 Å². The molecule has 10 aromatic rings. The van der Waals surface area contributed by atoms with E-state index < -0.39 is 0 Å². The third kappa shape index (κ3) is 6.81. The van der Waals surface area contributed by atoms with Gasteiger partial charge in [0, 0.05) is 33.3 Å². The molecule has 2 heteroatoms. The fraction of sp³-hybridized carbons (Fsp3) is 0.0847. The summed E-state index contributed by atoms with van der Waals surface area (Å²) in [5, 5.41) is 3.73. The van der Waals surface area contributed by atoms with Crippen molar-refractivity contribution in [3.63, 3.8) is 0 Å². The first-order valence-electron chi connectivity index (χ1n) is 21.5. The summed E-state index contributed by atoms with van der Waals surface area (Å²) in [5.41, 5.74) is 18.3. The summed E-state index contributed by atoms with van der Waals surface area (Å²) in [7, 11) is 0. The molecule has 0 saturated heterocycles. The second kappa shape index (κ2) is 15.6. The molecule has 0 N–H and O–H groups in total. The van der Waals surface area contributed by atoms with Crippen LogP contribution in [0.1, 0.15) is 53.7 Å². The van der Waals surface area contributed by atoms with Crippen LogP contribution in [-0.2, 0) is 6.42 Å². The van der Waals surface area contributed by atoms with Crippen LogP contribution in [0.4, 0.5) is 0 Å². The van der Waals surface area contributed by atoms with E-state index >= 15 is 0 Å². The Morgan fingerprint density at radius 1 is 0.541 bits per heavy atom. The molecule has 0 saturated carbocycles. The number of hydrogen-bond donors (Lipinski definition) is 0. The van der Waals surface area contributed by atoms with Crippen LogP contribution in [0.3, 0.4) is 0 Å². The molecule has 61 heavy (non-hydrogen) atoms. The van der Waals surface area contributed by atoms with Crippen LogP contribution in [0, 0.1) is 0 Å². The van der Waals surface area contributed by atoms with Crippen molar-refractivity contribution in [1.82, 2.24) is 4.57 Å². The summed E-state index contributed by atoms with van der Waals surface area (Å²) in [4.78, 5) is 0. The van der Waals surface area contributed by atoms with Crippen molar-refractivity contribution in [1.29, 1.82) is 0 Å². The topological polar surface area (TPSA) is 18.1 Å². The number of hydrogen-bond acceptors (Lipinski definition) is 1. The molecule has 0 radical (unpaired) electrons. The number of benzene rings is 8. The Kier molecular flexibility index (Phi) is 9.39. The molecule has 1 aliphatic rings. The van der Waals surface area contributed by atoms with E-state index in [4.69, 9.17) is 4.42 Å². The largest absolute Gasteiger partial charge is 0.456 e. The van der Waals surface area contributed by atoms with Crippen LogP contribution in [-0.4, -0.2) is 4.57 Å². The molecule has 2 heterocycles. The standard InChI is InChI=1S/C59H45NO/c1-40-14-11-24-54-55-25-13-17-45(59(55)61-58(54)38-40)34-37-50(47-19-12-18-46(39-47)43-30-28-42(29-31-43)41-15-3-2-4-16-41)51-21-6-5-20-49(51)44-32-35-48(36-33-44)60-56-26-9-7-22-52(56)53-23-8-10-27-57(53)60/h2-13,15-33,35-36,38-39,50H,14,34,37H2,1H3. The molecular formula is C59H45NO. The number of fused-ring (bicyclic) bond motifs is 6. The zero-order valence-corrected chi connectivity index (χ0v) is 34.3. The summed E-state index contributed by atoms with van der Waals surface area (Å²) >= 11 is 0. The summed E-state index contributed by atoms with van der Waals surface area (Å²) in [5.74, 6) is 1.09.